The van der Waals surface area contributed by atoms with Gasteiger partial charge in [-0.05, 0) is 23.6 Å². The van der Waals surface area contributed by atoms with Gasteiger partial charge in [0.05, 0.1) is 4.91 Å². The first-order valence-electron chi connectivity index (χ1n) is 6.55. The summed E-state index contributed by atoms with van der Waals surface area (Å²) in [6.45, 7) is 2.14. The number of carboxylic acids is 1. The van der Waals surface area contributed by atoms with Crippen molar-refractivity contribution < 1.29 is 14.7 Å². The Morgan fingerprint density at radius 3 is 2.62 bits per heavy atom. The molecule has 2 rings (SSSR count). The Morgan fingerprint density at radius 2 is 2.05 bits per heavy atom. The van der Waals surface area contributed by atoms with E-state index in [0.717, 1.165) is 12.0 Å². The SMILES string of the molecule is CCc1ccc(C=C2SC(=S)N(CCC(=O)[O-])C2=O)cc1. The molecule has 6 heteroatoms. The van der Waals surface area contributed by atoms with Crippen LogP contribution in [0.2, 0.25) is 0 Å². The summed E-state index contributed by atoms with van der Waals surface area (Å²) in [5.74, 6) is -1.44. The molecule has 1 aromatic rings. The molecule has 0 bridgehead atoms. The third-order valence-electron chi connectivity index (χ3n) is 3.10. The van der Waals surface area contributed by atoms with Gasteiger partial charge in [-0.1, -0.05) is 55.2 Å². The molecule has 0 aliphatic carbocycles. The molecule has 1 aromatic carbocycles. The molecular formula is C15H14NO3S2-. The van der Waals surface area contributed by atoms with Crippen LogP contribution >= 0.6 is 24.0 Å². The maximum atomic E-state index is 12.2. The van der Waals surface area contributed by atoms with Crippen molar-refractivity contribution in [3.8, 4) is 0 Å². The lowest BCUT2D eigenvalue weighted by atomic mass is 10.1. The third kappa shape index (κ3) is 3.92. The summed E-state index contributed by atoms with van der Waals surface area (Å²) in [4.78, 5) is 24.5. The van der Waals surface area contributed by atoms with Crippen LogP contribution in [0.15, 0.2) is 29.2 Å². The van der Waals surface area contributed by atoms with E-state index in [4.69, 9.17) is 12.2 Å². The van der Waals surface area contributed by atoms with Gasteiger partial charge in [-0.3, -0.25) is 9.69 Å². The number of carbonyl (C=O) groups excluding carboxylic acids is 2. The van der Waals surface area contributed by atoms with E-state index in [2.05, 4.69) is 6.92 Å². The molecule has 0 N–H and O–H groups in total. The zero-order chi connectivity index (χ0) is 15.4. The van der Waals surface area contributed by atoms with Gasteiger partial charge < -0.3 is 9.90 Å². The van der Waals surface area contributed by atoms with Crippen LogP contribution in [0.3, 0.4) is 0 Å². The molecule has 4 nitrogen and oxygen atoms in total. The van der Waals surface area contributed by atoms with E-state index < -0.39 is 5.97 Å². The average Bonchev–Trinajstić information content (AvgIpc) is 2.72. The number of carboxylic acid groups (broad SMARTS) is 1. The van der Waals surface area contributed by atoms with E-state index in [-0.39, 0.29) is 18.9 Å². The predicted molar refractivity (Wildman–Crippen MR) is 85.3 cm³/mol. The lowest BCUT2D eigenvalue weighted by Gasteiger charge is -2.14. The first-order valence-corrected chi connectivity index (χ1v) is 7.78. The second-order valence-corrected chi connectivity index (χ2v) is 6.23. The predicted octanol–water partition coefficient (Wildman–Crippen LogP) is 1.59. The highest BCUT2D eigenvalue weighted by Crippen LogP contribution is 2.32. The monoisotopic (exact) mass is 320 g/mol. The first kappa shape index (κ1) is 15.7. The van der Waals surface area contributed by atoms with Crippen LogP contribution in [0.1, 0.15) is 24.5 Å². The van der Waals surface area contributed by atoms with Crippen molar-refractivity contribution in [1.29, 1.82) is 0 Å². The maximum absolute atomic E-state index is 12.2. The van der Waals surface area contributed by atoms with Crippen molar-refractivity contribution in [3.05, 3.63) is 40.3 Å². The summed E-state index contributed by atoms with van der Waals surface area (Å²) < 4.78 is 0.387. The quantitative estimate of drug-likeness (QED) is 0.609. The highest BCUT2D eigenvalue weighted by atomic mass is 32.2. The van der Waals surface area contributed by atoms with E-state index in [1.165, 1.54) is 22.2 Å². The zero-order valence-electron chi connectivity index (χ0n) is 11.5. The van der Waals surface area contributed by atoms with Gasteiger partial charge in [0.15, 0.2) is 0 Å². The number of amides is 1. The standard InChI is InChI=1S/C15H15NO3S2/c1-2-10-3-5-11(6-4-10)9-12-14(19)16(15(20)21-12)8-7-13(17)18/h3-6,9H,2,7-8H2,1H3,(H,17,18)/p-1. The molecule has 1 aliphatic heterocycles. The van der Waals surface area contributed by atoms with Crippen LogP contribution in [-0.4, -0.2) is 27.6 Å². The third-order valence-corrected chi connectivity index (χ3v) is 4.48. The molecule has 0 radical (unpaired) electrons. The van der Waals surface area contributed by atoms with Gasteiger partial charge in [-0.2, -0.15) is 0 Å². The lowest BCUT2D eigenvalue weighted by Crippen LogP contribution is -2.33. The summed E-state index contributed by atoms with van der Waals surface area (Å²) >= 11 is 6.31. The van der Waals surface area contributed by atoms with Crippen molar-refractivity contribution in [3.63, 3.8) is 0 Å². The highest BCUT2D eigenvalue weighted by molar-refractivity contribution is 8.26. The molecule has 0 unspecified atom stereocenters. The molecule has 0 aromatic heterocycles. The summed E-state index contributed by atoms with van der Waals surface area (Å²) in [5, 5.41) is 10.5. The Kier molecular flexibility index (Phi) is 5.14. The maximum Gasteiger partial charge on any atom is 0.266 e. The van der Waals surface area contributed by atoms with Crippen LogP contribution in [0, 0.1) is 0 Å². The van der Waals surface area contributed by atoms with Crippen LogP contribution in [0.25, 0.3) is 6.08 Å². The van der Waals surface area contributed by atoms with Crippen molar-refractivity contribution >= 4 is 46.3 Å². The average molecular weight is 320 g/mol. The summed E-state index contributed by atoms with van der Waals surface area (Å²) in [7, 11) is 0. The normalized spacial score (nSPS) is 16.8. The molecule has 0 atom stereocenters. The van der Waals surface area contributed by atoms with Crippen molar-refractivity contribution in [1.82, 2.24) is 4.90 Å². The Morgan fingerprint density at radius 1 is 1.38 bits per heavy atom. The second-order valence-electron chi connectivity index (χ2n) is 4.55. The Hall–Kier alpha value is -1.66. The van der Waals surface area contributed by atoms with E-state index in [9.17, 15) is 14.7 Å². The molecule has 110 valence electrons. The summed E-state index contributed by atoms with van der Waals surface area (Å²) in [5.41, 5.74) is 2.15. The fraction of sp³-hybridized carbons (Fsp3) is 0.267. The molecule has 1 amide bonds. The minimum Gasteiger partial charge on any atom is -0.550 e. The number of benzene rings is 1. The topological polar surface area (TPSA) is 60.4 Å². The van der Waals surface area contributed by atoms with E-state index in [0.29, 0.717) is 9.23 Å². The highest BCUT2D eigenvalue weighted by Gasteiger charge is 2.31. The van der Waals surface area contributed by atoms with Gasteiger partial charge in [0.1, 0.15) is 4.32 Å². The molecule has 21 heavy (non-hydrogen) atoms. The molecule has 0 spiro atoms. The molecular weight excluding hydrogens is 306 g/mol. The van der Waals surface area contributed by atoms with Crippen LogP contribution in [0.4, 0.5) is 0 Å². The van der Waals surface area contributed by atoms with Crippen LogP contribution in [0.5, 0.6) is 0 Å². The largest absolute Gasteiger partial charge is 0.550 e. The minimum atomic E-state index is -1.19. The second kappa shape index (κ2) is 6.87. The van der Waals surface area contributed by atoms with Gasteiger partial charge in [0, 0.05) is 18.9 Å². The van der Waals surface area contributed by atoms with E-state index in [1.807, 2.05) is 24.3 Å². The molecule has 1 aliphatic rings. The van der Waals surface area contributed by atoms with E-state index >= 15 is 0 Å². The van der Waals surface area contributed by atoms with Crippen molar-refractivity contribution in [2.24, 2.45) is 0 Å². The van der Waals surface area contributed by atoms with Crippen LogP contribution in [-0.2, 0) is 16.0 Å². The van der Waals surface area contributed by atoms with Gasteiger partial charge in [0.25, 0.3) is 5.91 Å². The smallest absolute Gasteiger partial charge is 0.266 e. The number of rotatable bonds is 5. The first-order chi connectivity index (χ1) is 10.0. The minimum absolute atomic E-state index is 0.0547. The summed E-state index contributed by atoms with van der Waals surface area (Å²) in [6.07, 6.45) is 2.52. The van der Waals surface area contributed by atoms with Gasteiger partial charge in [-0.15, -0.1) is 0 Å². The number of thioether (sulfide) groups is 1. The lowest BCUT2D eigenvalue weighted by molar-refractivity contribution is -0.305. The molecule has 1 fully saturated rings. The fourth-order valence-electron chi connectivity index (χ4n) is 1.90. The Labute approximate surface area is 132 Å². The number of thiocarbonyl (C=S) groups is 1. The number of hydrogen-bond acceptors (Lipinski definition) is 5. The summed E-state index contributed by atoms with van der Waals surface area (Å²) in [6, 6.07) is 7.93. The van der Waals surface area contributed by atoms with Crippen molar-refractivity contribution in [2.75, 3.05) is 6.54 Å². The number of nitrogens with zero attached hydrogens (tertiary/aromatic N) is 1. The number of aryl methyl sites for hydroxylation is 1. The van der Waals surface area contributed by atoms with Gasteiger partial charge >= 0.3 is 0 Å². The number of carbonyl (C=O) groups is 2. The Balaban J connectivity index is 2.13. The van der Waals surface area contributed by atoms with Gasteiger partial charge in [0.2, 0.25) is 0 Å². The molecule has 1 heterocycles. The zero-order valence-corrected chi connectivity index (χ0v) is 13.1. The fourth-order valence-corrected chi connectivity index (χ4v) is 3.21. The molecule has 1 saturated heterocycles. The Bertz CT molecular complexity index is 608. The van der Waals surface area contributed by atoms with Gasteiger partial charge in [-0.25, -0.2) is 0 Å². The van der Waals surface area contributed by atoms with E-state index in [1.54, 1.807) is 6.08 Å². The van der Waals surface area contributed by atoms with Crippen LogP contribution < -0.4 is 5.11 Å². The number of aliphatic carboxylic acids is 1. The molecule has 0 saturated carbocycles. The van der Waals surface area contributed by atoms with Crippen molar-refractivity contribution in [2.45, 2.75) is 19.8 Å². The number of hydrogen-bond donors (Lipinski definition) is 0.